The standard InChI is InChI=1S/C8H3OP/c9-10-5-4-6-2-1-3-7(10)8(6)10/h1-3H. The lowest BCUT2D eigenvalue weighted by atomic mass is 10.2. The molecule has 46 valence electrons. The Kier molecular flexibility index (Phi) is 0.519. The molecule has 3 rings (SSSR count). The molecule has 1 unspecified atom stereocenters. The molecule has 1 aromatic carbocycles. The van der Waals surface area contributed by atoms with Crippen LogP contribution in [0.1, 0.15) is 5.56 Å². The van der Waals surface area contributed by atoms with Crippen molar-refractivity contribution in [3.05, 3.63) is 23.8 Å². The fourth-order valence-electron chi connectivity index (χ4n) is 1.41. The normalized spacial score (nSPS) is 28.8. The minimum absolute atomic E-state index is 0.987. The lowest BCUT2D eigenvalue weighted by molar-refractivity contribution is 0.596. The van der Waals surface area contributed by atoms with Crippen LogP contribution in [0.25, 0.3) is 0 Å². The van der Waals surface area contributed by atoms with Crippen molar-refractivity contribution >= 4 is 17.8 Å². The van der Waals surface area contributed by atoms with E-state index in [0.29, 0.717) is 0 Å². The Hall–Kier alpha value is -0.990. The quantitative estimate of drug-likeness (QED) is 0.387. The summed E-state index contributed by atoms with van der Waals surface area (Å²) in [5.41, 5.74) is 3.77. The fourth-order valence-corrected chi connectivity index (χ4v) is 3.65. The fraction of sp³-hybridized carbons (Fsp3) is 0. The van der Waals surface area contributed by atoms with Crippen molar-refractivity contribution in [1.82, 2.24) is 0 Å². The van der Waals surface area contributed by atoms with E-state index in [1.807, 2.05) is 18.2 Å². The first kappa shape index (κ1) is 4.77. The minimum Gasteiger partial charge on any atom is -0.300 e. The van der Waals surface area contributed by atoms with Crippen LogP contribution in [0, 0.1) is 11.6 Å². The second-order valence-electron chi connectivity index (χ2n) is 2.52. The number of hydrogen-bond acceptors (Lipinski definition) is 1. The Bertz CT molecular complexity index is 448. The molecule has 0 saturated carbocycles. The molecule has 2 heterocycles. The molecule has 1 aromatic rings. The van der Waals surface area contributed by atoms with Crippen molar-refractivity contribution in [3.63, 3.8) is 0 Å². The molecule has 1 atom stereocenters. The second kappa shape index (κ2) is 1.09. The van der Waals surface area contributed by atoms with Crippen LogP contribution in [0.2, 0.25) is 0 Å². The van der Waals surface area contributed by atoms with E-state index < -0.39 is 7.14 Å². The van der Waals surface area contributed by atoms with E-state index in [-0.39, 0.29) is 0 Å². The van der Waals surface area contributed by atoms with E-state index in [1.54, 1.807) is 0 Å². The van der Waals surface area contributed by atoms with Crippen LogP contribution in [-0.4, -0.2) is 0 Å². The van der Waals surface area contributed by atoms with Crippen molar-refractivity contribution in [2.45, 2.75) is 0 Å². The van der Waals surface area contributed by atoms with Gasteiger partial charge in [0.1, 0.15) is 0 Å². The zero-order chi connectivity index (χ0) is 6.77. The van der Waals surface area contributed by atoms with Gasteiger partial charge in [0.05, 0.1) is 5.30 Å². The van der Waals surface area contributed by atoms with E-state index in [2.05, 4.69) is 11.6 Å². The van der Waals surface area contributed by atoms with Crippen molar-refractivity contribution in [1.29, 1.82) is 0 Å². The molecule has 0 spiro atoms. The molecule has 10 heavy (non-hydrogen) atoms. The zero-order valence-corrected chi connectivity index (χ0v) is 5.98. The highest BCUT2D eigenvalue weighted by Crippen LogP contribution is 2.56. The lowest BCUT2D eigenvalue weighted by Crippen LogP contribution is -1.92. The maximum absolute atomic E-state index is 11.6. The molecule has 0 saturated heterocycles. The highest BCUT2D eigenvalue weighted by atomic mass is 31.2. The van der Waals surface area contributed by atoms with Crippen molar-refractivity contribution in [2.24, 2.45) is 0 Å². The van der Waals surface area contributed by atoms with E-state index in [4.69, 9.17) is 0 Å². The van der Waals surface area contributed by atoms with Gasteiger partial charge in [0, 0.05) is 10.9 Å². The van der Waals surface area contributed by atoms with Gasteiger partial charge in [-0.25, -0.2) is 0 Å². The molecule has 0 fully saturated rings. The molecule has 1 nitrogen and oxygen atoms in total. The summed E-state index contributed by atoms with van der Waals surface area (Å²) < 4.78 is 11.6. The SMILES string of the molecule is O=P12C#Cc3cccc1c32. The second-order valence-corrected chi connectivity index (χ2v) is 4.89. The third kappa shape index (κ3) is 0.301. The van der Waals surface area contributed by atoms with Gasteiger partial charge in [-0.15, -0.1) is 0 Å². The van der Waals surface area contributed by atoms with Gasteiger partial charge in [0.25, 0.3) is 0 Å². The molecule has 0 amide bonds. The first-order valence-electron chi connectivity index (χ1n) is 3.10. The van der Waals surface area contributed by atoms with E-state index >= 15 is 0 Å². The van der Waals surface area contributed by atoms with Gasteiger partial charge in [0.15, 0.2) is 0 Å². The highest BCUT2D eigenvalue weighted by molar-refractivity contribution is 7.93. The summed E-state index contributed by atoms with van der Waals surface area (Å²) in [6.45, 7) is 0. The summed E-state index contributed by atoms with van der Waals surface area (Å²) in [7, 11) is -2.16. The highest BCUT2D eigenvalue weighted by Gasteiger charge is 2.49. The maximum Gasteiger partial charge on any atom is 0.213 e. The summed E-state index contributed by atoms with van der Waals surface area (Å²) in [6.07, 6.45) is 0. The molecule has 0 aromatic heterocycles. The van der Waals surface area contributed by atoms with E-state index in [0.717, 1.165) is 16.2 Å². The average Bonchev–Trinajstić information content (AvgIpc) is 2.36. The number of benzene rings is 1. The molecule has 0 aliphatic carbocycles. The van der Waals surface area contributed by atoms with Gasteiger partial charge in [-0.2, -0.15) is 0 Å². The van der Waals surface area contributed by atoms with Crippen LogP contribution < -0.4 is 10.6 Å². The zero-order valence-electron chi connectivity index (χ0n) is 5.09. The van der Waals surface area contributed by atoms with Gasteiger partial charge < -0.3 is 0 Å². The Morgan fingerprint density at radius 2 is 2.30 bits per heavy atom. The summed E-state index contributed by atoms with van der Waals surface area (Å²) in [6, 6.07) is 5.76. The molecule has 0 bridgehead atoms. The third-order valence-electron chi connectivity index (χ3n) is 1.97. The lowest BCUT2D eigenvalue weighted by Gasteiger charge is -1.80. The maximum atomic E-state index is 11.6. The summed E-state index contributed by atoms with van der Waals surface area (Å²) in [4.78, 5) is 0. The summed E-state index contributed by atoms with van der Waals surface area (Å²) >= 11 is 0. The van der Waals surface area contributed by atoms with Crippen LogP contribution in [0.3, 0.4) is 0 Å². The van der Waals surface area contributed by atoms with E-state index in [1.165, 1.54) is 0 Å². The predicted octanol–water partition coefficient (Wildman–Crippen LogP) is 0.636. The average molecular weight is 146 g/mol. The van der Waals surface area contributed by atoms with Gasteiger partial charge in [-0.05, 0) is 17.8 Å². The summed E-state index contributed by atoms with van der Waals surface area (Å²) in [5, 5.41) is 2.01. The van der Waals surface area contributed by atoms with Crippen molar-refractivity contribution in [2.75, 3.05) is 0 Å². The van der Waals surface area contributed by atoms with Gasteiger partial charge >= 0.3 is 0 Å². The van der Waals surface area contributed by atoms with E-state index in [9.17, 15) is 4.57 Å². The van der Waals surface area contributed by atoms with Crippen LogP contribution in [0.4, 0.5) is 0 Å². The first-order valence-corrected chi connectivity index (χ1v) is 4.80. The molecular weight excluding hydrogens is 143 g/mol. The predicted molar refractivity (Wildman–Crippen MR) is 40.2 cm³/mol. The van der Waals surface area contributed by atoms with Gasteiger partial charge in [0.2, 0.25) is 7.14 Å². The Balaban J connectivity index is 2.61. The topological polar surface area (TPSA) is 17.1 Å². The summed E-state index contributed by atoms with van der Waals surface area (Å²) in [5.74, 6) is 2.87. The smallest absolute Gasteiger partial charge is 0.213 e. The van der Waals surface area contributed by atoms with Gasteiger partial charge in [-0.1, -0.05) is 12.0 Å². The largest absolute Gasteiger partial charge is 0.300 e. The van der Waals surface area contributed by atoms with Crippen LogP contribution in [0.15, 0.2) is 18.2 Å². The molecule has 2 aliphatic rings. The number of rotatable bonds is 0. The Labute approximate surface area is 58.4 Å². The minimum atomic E-state index is -2.16. The third-order valence-corrected chi connectivity index (χ3v) is 4.33. The Morgan fingerprint density at radius 3 is 3.00 bits per heavy atom. The Morgan fingerprint density at radius 1 is 1.40 bits per heavy atom. The van der Waals surface area contributed by atoms with Crippen LogP contribution in [0.5, 0.6) is 0 Å². The molecule has 0 radical (unpaired) electrons. The van der Waals surface area contributed by atoms with Crippen LogP contribution in [-0.2, 0) is 4.57 Å². The first-order chi connectivity index (χ1) is 4.82. The molecule has 2 heteroatoms. The van der Waals surface area contributed by atoms with Crippen molar-refractivity contribution in [3.8, 4) is 11.6 Å². The number of fused-ring (bicyclic) bond motifs is 1. The van der Waals surface area contributed by atoms with Crippen molar-refractivity contribution < 1.29 is 4.57 Å². The van der Waals surface area contributed by atoms with Gasteiger partial charge in [-0.3, -0.25) is 4.57 Å². The molecule has 0 N–H and O–H groups in total. The monoisotopic (exact) mass is 146 g/mol. The number of hydrogen-bond donors (Lipinski definition) is 0. The van der Waals surface area contributed by atoms with Crippen LogP contribution >= 0.6 is 7.14 Å². The molecule has 2 aliphatic heterocycles. The molecular formula is C8H3OP.